The predicted molar refractivity (Wildman–Crippen MR) is 325 cm³/mol. The van der Waals surface area contributed by atoms with Crippen molar-refractivity contribution in [3.05, 3.63) is 90.3 Å². The van der Waals surface area contributed by atoms with Crippen molar-refractivity contribution >= 4 is 53.2 Å². The van der Waals surface area contributed by atoms with Crippen LogP contribution in [0.2, 0.25) is 0 Å². The van der Waals surface area contributed by atoms with Gasteiger partial charge in [0.25, 0.3) is 5.91 Å². The molecule has 4 N–H and O–H groups in total. The first-order valence-corrected chi connectivity index (χ1v) is 30.2. The SMILES string of the molecule is CC[C@H](C)[C@@H]1NC(=O)[C@@H]2CCCN2C(=O)[C@H](Cc2cccc(-c3ccncc3)c2)N(C)C(=O)[C@H](Cc2ccccc2)NC(=O)[C@H](C(C)C)N(C)C(=O)[C@@H]([C@@H](C)CC)OC(=O)[C@H](C(C)(C)O)N(C)C(=O)[C@H](CC(C)C)NC(=O)[C@H](C(C)C)N(C)C1=O. The molecule has 2 saturated heterocycles. The molecule has 20 nitrogen and oxygen atoms in total. The van der Waals surface area contributed by atoms with Crippen LogP contribution in [0.25, 0.3) is 11.1 Å². The van der Waals surface area contributed by atoms with Crippen molar-refractivity contribution in [2.45, 2.75) is 188 Å². The number of nitrogens with zero attached hydrogens (tertiary/aromatic N) is 6. The standard InChI is InChI=1S/C65H95N9O11/c1-17-41(9)51-62(81)71(14)52(39(5)6)57(76)67-47(34-38(3)4)60(79)73(16)55(65(11,12)84)64(83)85-54(42(10)18-2)63(82)72(15)53(40(7)8)58(77)68-48(36-43-24-20-19-21-25-43)59(78)70(13)50(61(80)74-33-23-28-49(74)56(75)69-51)37-44-26-22-27-46(35-44)45-29-31-66-32-30-45/h19-22,24-27,29-32,35,38-42,47-55,84H,17-18,23,28,33-34,36-37H2,1-16H3,(H,67,76)(H,68,77)(H,69,75)/t41-,42-,47-,48-,49-,50-,51-,52-,53-,54+,55+/m0/s1. The maximum Gasteiger partial charge on any atom is 0.332 e. The highest BCUT2D eigenvalue weighted by molar-refractivity contribution is 5.99. The van der Waals surface area contributed by atoms with Crippen LogP contribution in [0.4, 0.5) is 0 Å². The van der Waals surface area contributed by atoms with Crippen molar-refractivity contribution < 1.29 is 53.0 Å². The first kappa shape index (κ1) is 68.6. The van der Waals surface area contributed by atoms with E-state index in [0.717, 1.165) is 16.0 Å². The third-order valence-corrected chi connectivity index (χ3v) is 16.9. The Morgan fingerprint density at radius 1 is 0.600 bits per heavy atom. The van der Waals surface area contributed by atoms with Crippen LogP contribution in [0.5, 0.6) is 0 Å². The van der Waals surface area contributed by atoms with Gasteiger partial charge in [-0.3, -0.25) is 43.3 Å². The molecule has 0 unspecified atom stereocenters. The highest BCUT2D eigenvalue weighted by atomic mass is 16.6. The van der Waals surface area contributed by atoms with Crippen LogP contribution >= 0.6 is 0 Å². The molecule has 0 bridgehead atoms. The fourth-order valence-electron chi connectivity index (χ4n) is 11.8. The predicted octanol–water partition coefficient (Wildman–Crippen LogP) is 5.43. The summed E-state index contributed by atoms with van der Waals surface area (Å²) in [5.74, 6) is -8.83. The topological polar surface area (TPSA) is 248 Å². The smallest absolute Gasteiger partial charge is 0.332 e. The summed E-state index contributed by atoms with van der Waals surface area (Å²) in [6.45, 7) is 20.6. The number of benzene rings is 2. The maximum atomic E-state index is 15.6. The molecule has 85 heavy (non-hydrogen) atoms. The van der Waals surface area contributed by atoms with E-state index < -0.39 is 137 Å². The molecule has 0 saturated carbocycles. The van der Waals surface area contributed by atoms with Gasteiger partial charge >= 0.3 is 5.97 Å². The number of fused-ring (bicyclic) bond motifs is 1. The molecule has 3 aromatic rings. The molecule has 0 aliphatic carbocycles. The fourth-order valence-corrected chi connectivity index (χ4v) is 11.8. The number of hydrogen-bond donors (Lipinski definition) is 4. The lowest BCUT2D eigenvalue weighted by atomic mass is 9.93. The summed E-state index contributed by atoms with van der Waals surface area (Å²) in [4.78, 5) is 146. The summed E-state index contributed by atoms with van der Waals surface area (Å²) in [6, 6.07) is 10.0. The van der Waals surface area contributed by atoms with Gasteiger partial charge in [-0.05, 0) is 97.6 Å². The number of likely N-dealkylation sites (N-methyl/N-ethyl adjacent to an activating group) is 4. The van der Waals surface area contributed by atoms with Crippen molar-refractivity contribution in [3.63, 3.8) is 0 Å². The number of ether oxygens (including phenoxy) is 1. The van der Waals surface area contributed by atoms with Crippen molar-refractivity contribution in [1.29, 1.82) is 0 Å². The zero-order chi connectivity index (χ0) is 63.4. The van der Waals surface area contributed by atoms with Crippen LogP contribution in [0.1, 0.15) is 126 Å². The number of aromatic nitrogens is 1. The van der Waals surface area contributed by atoms with Crippen LogP contribution in [0.3, 0.4) is 0 Å². The zero-order valence-electron chi connectivity index (χ0n) is 53.0. The van der Waals surface area contributed by atoms with E-state index in [1.54, 1.807) is 85.1 Å². The highest BCUT2D eigenvalue weighted by Gasteiger charge is 2.48. The van der Waals surface area contributed by atoms with E-state index in [2.05, 4.69) is 20.9 Å². The summed E-state index contributed by atoms with van der Waals surface area (Å²) in [5, 5.41) is 20.6. The minimum atomic E-state index is -1.98. The van der Waals surface area contributed by atoms with E-state index in [9.17, 15) is 29.1 Å². The summed E-state index contributed by atoms with van der Waals surface area (Å²) in [7, 11) is 5.67. The number of cyclic esters (lactones) is 1. The molecule has 0 radical (unpaired) electrons. The molecule has 2 aliphatic rings. The second kappa shape index (κ2) is 30.2. The number of hydrogen-bond acceptors (Lipinski definition) is 12. The monoisotopic (exact) mass is 1180 g/mol. The third kappa shape index (κ3) is 17.0. The Bertz CT molecular complexity index is 2810. The second-order valence-corrected chi connectivity index (χ2v) is 25.1. The highest BCUT2D eigenvalue weighted by Crippen LogP contribution is 2.28. The first-order chi connectivity index (χ1) is 39.9. The molecule has 11 atom stereocenters. The Morgan fingerprint density at radius 2 is 1.15 bits per heavy atom. The van der Waals surface area contributed by atoms with Crippen LogP contribution in [-0.4, -0.2) is 183 Å². The number of rotatable bonds is 14. The molecular weight excluding hydrogens is 1080 g/mol. The average Bonchev–Trinajstić information content (AvgIpc) is 2.75. The van der Waals surface area contributed by atoms with Crippen molar-refractivity contribution in [3.8, 4) is 11.1 Å². The number of amides is 8. The number of nitrogens with one attached hydrogen (secondary N) is 3. The Labute approximate surface area is 503 Å². The number of carbonyl (C=O) groups is 9. The fraction of sp³-hybridized carbons (Fsp3) is 0.600. The van der Waals surface area contributed by atoms with Crippen molar-refractivity contribution in [2.75, 3.05) is 34.7 Å². The Morgan fingerprint density at radius 3 is 1.71 bits per heavy atom. The number of esters is 1. The van der Waals surface area contributed by atoms with E-state index in [0.29, 0.717) is 30.4 Å². The lowest BCUT2D eigenvalue weighted by Crippen LogP contribution is -2.63. The van der Waals surface area contributed by atoms with Gasteiger partial charge in [0, 0.05) is 65.9 Å². The first-order valence-electron chi connectivity index (χ1n) is 30.2. The van der Waals surface area contributed by atoms with Gasteiger partial charge in [-0.2, -0.15) is 0 Å². The van der Waals surface area contributed by atoms with Gasteiger partial charge in [-0.15, -0.1) is 0 Å². The maximum absolute atomic E-state index is 15.6. The lowest BCUT2D eigenvalue weighted by molar-refractivity contribution is -0.177. The number of pyridine rings is 1. The van der Waals surface area contributed by atoms with Gasteiger partial charge in [-0.1, -0.05) is 130 Å². The molecule has 2 aliphatic heterocycles. The average molecular weight is 1180 g/mol. The van der Waals surface area contributed by atoms with Gasteiger partial charge in [0.1, 0.15) is 42.3 Å². The summed E-state index contributed by atoms with van der Waals surface area (Å²) >= 11 is 0. The zero-order valence-corrected chi connectivity index (χ0v) is 53.0. The molecule has 0 spiro atoms. The molecule has 2 aromatic carbocycles. The Hall–Kier alpha value is -7.22. The minimum Gasteiger partial charge on any atom is -0.450 e. The molecule has 20 heteroatoms. The summed E-state index contributed by atoms with van der Waals surface area (Å²) in [6.07, 6.45) is 3.28. The normalized spacial score (nSPS) is 25.4. The van der Waals surface area contributed by atoms with Crippen LogP contribution in [0.15, 0.2) is 79.1 Å². The summed E-state index contributed by atoms with van der Waals surface area (Å²) in [5.41, 5.74) is 1.09. The third-order valence-electron chi connectivity index (χ3n) is 16.9. The Kier molecular flexibility index (Phi) is 24.4. The molecule has 2 fully saturated rings. The molecule has 8 amide bonds. The summed E-state index contributed by atoms with van der Waals surface area (Å²) < 4.78 is 6.12. The van der Waals surface area contributed by atoms with Crippen LogP contribution in [0, 0.1) is 29.6 Å². The van der Waals surface area contributed by atoms with Crippen molar-refractivity contribution in [2.24, 2.45) is 29.6 Å². The minimum absolute atomic E-state index is 0.0103. The quantitative estimate of drug-likeness (QED) is 0.148. The lowest BCUT2D eigenvalue weighted by Gasteiger charge is -2.39. The number of carbonyl (C=O) groups excluding carboxylic acids is 9. The van der Waals surface area contributed by atoms with Crippen LogP contribution < -0.4 is 16.0 Å². The van der Waals surface area contributed by atoms with Crippen molar-refractivity contribution in [1.82, 2.24) is 45.4 Å². The van der Waals surface area contributed by atoms with Gasteiger partial charge in [0.2, 0.25) is 41.4 Å². The molecule has 1 aromatic heterocycles. The van der Waals surface area contributed by atoms with Gasteiger partial charge in [-0.25, -0.2) is 4.79 Å². The molecule has 5 rings (SSSR count). The number of aliphatic hydroxyl groups is 1. The van der Waals surface area contributed by atoms with E-state index >= 15 is 19.2 Å². The Balaban J connectivity index is 1.73. The van der Waals surface area contributed by atoms with E-state index in [4.69, 9.17) is 4.74 Å². The largest absolute Gasteiger partial charge is 0.450 e. The van der Waals surface area contributed by atoms with Gasteiger partial charge < -0.3 is 50.3 Å². The van der Waals surface area contributed by atoms with E-state index in [1.807, 2.05) is 63.2 Å². The van der Waals surface area contributed by atoms with Gasteiger partial charge in [0.05, 0.1) is 5.60 Å². The van der Waals surface area contributed by atoms with Gasteiger partial charge in [0.15, 0.2) is 12.1 Å². The van der Waals surface area contributed by atoms with E-state index in [-0.39, 0.29) is 38.1 Å². The molecule has 466 valence electrons. The second-order valence-electron chi connectivity index (χ2n) is 25.1. The molecular formula is C65H95N9O11. The van der Waals surface area contributed by atoms with Crippen LogP contribution in [-0.2, 0) is 60.7 Å². The molecule has 3 heterocycles. The van der Waals surface area contributed by atoms with E-state index in [1.165, 1.54) is 61.6 Å².